The third-order valence-corrected chi connectivity index (χ3v) is 3.43. The molecule has 112 valence electrons. The number of nitrogen functional groups attached to an aromatic ring is 1. The SMILES string of the molecule is CCC(C)NC(=O)C(C)Oc1ccc(N)c2ncccc12. The van der Waals surface area contributed by atoms with E-state index in [1.165, 1.54) is 0 Å². The van der Waals surface area contributed by atoms with E-state index in [1.807, 2.05) is 26.0 Å². The van der Waals surface area contributed by atoms with Crippen LogP contribution in [0.3, 0.4) is 0 Å². The molecule has 21 heavy (non-hydrogen) atoms. The molecule has 1 aromatic carbocycles. The number of ether oxygens (including phenoxy) is 1. The molecule has 0 bridgehead atoms. The zero-order valence-electron chi connectivity index (χ0n) is 12.6. The lowest BCUT2D eigenvalue weighted by Crippen LogP contribution is -2.41. The quantitative estimate of drug-likeness (QED) is 0.828. The van der Waals surface area contributed by atoms with Crippen molar-refractivity contribution in [2.75, 3.05) is 5.73 Å². The van der Waals surface area contributed by atoms with Gasteiger partial charge in [-0.15, -0.1) is 0 Å². The van der Waals surface area contributed by atoms with Crippen molar-refractivity contribution in [2.45, 2.75) is 39.3 Å². The predicted molar refractivity (Wildman–Crippen MR) is 84.1 cm³/mol. The van der Waals surface area contributed by atoms with Crippen LogP contribution >= 0.6 is 0 Å². The fourth-order valence-corrected chi connectivity index (χ4v) is 1.98. The molecule has 0 aliphatic carbocycles. The van der Waals surface area contributed by atoms with Gasteiger partial charge in [0.25, 0.3) is 5.91 Å². The molecule has 1 aromatic heterocycles. The summed E-state index contributed by atoms with van der Waals surface area (Å²) in [5, 5.41) is 3.71. The fourth-order valence-electron chi connectivity index (χ4n) is 1.98. The van der Waals surface area contributed by atoms with Crippen LogP contribution in [-0.2, 0) is 4.79 Å². The maximum absolute atomic E-state index is 12.0. The van der Waals surface area contributed by atoms with Gasteiger partial charge >= 0.3 is 0 Å². The van der Waals surface area contributed by atoms with Gasteiger partial charge in [-0.25, -0.2) is 0 Å². The van der Waals surface area contributed by atoms with Crippen LogP contribution in [0.15, 0.2) is 30.5 Å². The number of benzene rings is 1. The molecule has 0 spiro atoms. The van der Waals surface area contributed by atoms with Gasteiger partial charge in [0, 0.05) is 17.6 Å². The molecule has 0 aliphatic rings. The molecular weight excluding hydrogens is 266 g/mol. The molecule has 0 fully saturated rings. The van der Waals surface area contributed by atoms with E-state index in [4.69, 9.17) is 10.5 Å². The van der Waals surface area contributed by atoms with Crippen molar-refractivity contribution in [3.8, 4) is 5.75 Å². The molecule has 0 saturated carbocycles. The number of hydrogen-bond acceptors (Lipinski definition) is 4. The van der Waals surface area contributed by atoms with Gasteiger partial charge < -0.3 is 15.8 Å². The molecule has 5 nitrogen and oxygen atoms in total. The Bertz CT molecular complexity index is 642. The summed E-state index contributed by atoms with van der Waals surface area (Å²) in [5.74, 6) is 0.484. The highest BCUT2D eigenvalue weighted by molar-refractivity contribution is 5.94. The van der Waals surface area contributed by atoms with E-state index >= 15 is 0 Å². The van der Waals surface area contributed by atoms with Crippen LogP contribution in [0, 0.1) is 0 Å². The Hall–Kier alpha value is -2.30. The van der Waals surface area contributed by atoms with Crippen LogP contribution in [0.4, 0.5) is 5.69 Å². The van der Waals surface area contributed by atoms with Crippen molar-refractivity contribution in [2.24, 2.45) is 0 Å². The van der Waals surface area contributed by atoms with Gasteiger partial charge in [0.1, 0.15) is 5.75 Å². The third-order valence-electron chi connectivity index (χ3n) is 3.43. The molecule has 0 saturated heterocycles. The Labute approximate surface area is 124 Å². The highest BCUT2D eigenvalue weighted by Gasteiger charge is 2.17. The first kappa shape index (κ1) is 15.1. The molecule has 0 radical (unpaired) electrons. The number of carbonyl (C=O) groups excluding carboxylic acids is 1. The minimum Gasteiger partial charge on any atom is -0.480 e. The van der Waals surface area contributed by atoms with E-state index in [0.717, 1.165) is 11.8 Å². The van der Waals surface area contributed by atoms with Gasteiger partial charge in [-0.1, -0.05) is 6.92 Å². The highest BCUT2D eigenvalue weighted by Crippen LogP contribution is 2.29. The highest BCUT2D eigenvalue weighted by atomic mass is 16.5. The number of nitrogens with two attached hydrogens (primary N) is 1. The average molecular weight is 287 g/mol. The normalized spacial score (nSPS) is 13.7. The first-order valence-electron chi connectivity index (χ1n) is 7.13. The van der Waals surface area contributed by atoms with Crippen molar-refractivity contribution in [1.29, 1.82) is 0 Å². The van der Waals surface area contributed by atoms with Gasteiger partial charge in [-0.2, -0.15) is 0 Å². The Morgan fingerprint density at radius 1 is 1.38 bits per heavy atom. The lowest BCUT2D eigenvalue weighted by atomic mass is 10.1. The molecule has 1 heterocycles. The fraction of sp³-hybridized carbons (Fsp3) is 0.375. The van der Waals surface area contributed by atoms with Crippen LogP contribution in [0.25, 0.3) is 10.9 Å². The summed E-state index contributed by atoms with van der Waals surface area (Å²) in [5.41, 5.74) is 7.18. The molecule has 2 aromatic rings. The second-order valence-corrected chi connectivity index (χ2v) is 5.13. The molecular formula is C16H21N3O2. The van der Waals surface area contributed by atoms with E-state index in [-0.39, 0.29) is 11.9 Å². The second-order valence-electron chi connectivity index (χ2n) is 5.13. The summed E-state index contributed by atoms with van der Waals surface area (Å²) in [7, 11) is 0. The zero-order chi connectivity index (χ0) is 15.4. The minimum absolute atomic E-state index is 0.127. The second kappa shape index (κ2) is 6.43. The molecule has 5 heteroatoms. The first-order chi connectivity index (χ1) is 10.0. The number of pyridine rings is 1. The van der Waals surface area contributed by atoms with Gasteiger partial charge in [0.15, 0.2) is 6.10 Å². The van der Waals surface area contributed by atoms with Crippen LogP contribution in [0.1, 0.15) is 27.2 Å². The maximum atomic E-state index is 12.0. The number of carbonyl (C=O) groups is 1. The summed E-state index contributed by atoms with van der Waals surface area (Å²) in [6.45, 7) is 5.72. The maximum Gasteiger partial charge on any atom is 0.260 e. The smallest absolute Gasteiger partial charge is 0.260 e. The number of nitrogens with zero attached hydrogens (tertiary/aromatic N) is 1. The lowest BCUT2D eigenvalue weighted by molar-refractivity contribution is -0.127. The van der Waals surface area contributed by atoms with Crippen molar-refractivity contribution >= 4 is 22.5 Å². The summed E-state index contributed by atoms with van der Waals surface area (Å²) < 4.78 is 5.78. The number of fused-ring (bicyclic) bond motifs is 1. The van der Waals surface area contributed by atoms with Crippen LogP contribution in [-0.4, -0.2) is 23.0 Å². The summed E-state index contributed by atoms with van der Waals surface area (Å²) >= 11 is 0. The minimum atomic E-state index is -0.578. The standard InChI is InChI=1S/C16H21N3O2/c1-4-10(2)19-16(20)11(3)21-14-8-7-13(17)15-12(14)6-5-9-18-15/h5-11H,4,17H2,1-3H3,(H,19,20). The molecule has 3 N–H and O–H groups in total. The van der Waals surface area contributed by atoms with Crippen LogP contribution in [0.5, 0.6) is 5.75 Å². The molecule has 2 rings (SSSR count). The molecule has 0 aliphatic heterocycles. The van der Waals surface area contributed by atoms with E-state index in [2.05, 4.69) is 10.3 Å². The van der Waals surface area contributed by atoms with Crippen molar-refractivity contribution in [1.82, 2.24) is 10.3 Å². The summed E-state index contributed by atoms with van der Waals surface area (Å²) in [4.78, 5) is 16.3. The Balaban J connectivity index is 2.20. The average Bonchev–Trinajstić information content (AvgIpc) is 2.50. The van der Waals surface area contributed by atoms with Gasteiger partial charge in [0.05, 0.1) is 11.2 Å². The summed E-state index contributed by atoms with van der Waals surface area (Å²) in [6.07, 6.45) is 1.99. The number of hydrogen-bond donors (Lipinski definition) is 2. The summed E-state index contributed by atoms with van der Waals surface area (Å²) in [6, 6.07) is 7.34. The van der Waals surface area contributed by atoms with E-state index in [1.54, 1.807) is 25.3 Å². The monoisotopic (exact) mass is 287 g/mol. The van der Waals surface area contributed by atoms with Crippen LogP contribution in [0.2, 0.25) is 0 Å². The van der Waals surface area contributed by atoms with Gasteiger partial charge in [-0.05, 0) is 44.5 Å². The molecule has 1 amide bonds. The Morgan fingerprint density at radius 3 is 2.86 bits per heavy atom. The number of nitrogens with one attached hydrogen (secondary N) is 1. The number of anilines is 1. The Kier molecular flexibility index (Phi) is 4.62. The lowest BCUT2D eigenvalue weighted by Gasteiger charge is -2.18. The van der Waals surface area contributed by atoms with E-state index in [9.17, 15) is 4.79 Å². The van der Waals surface area contributed by atoms with E-state index in [0.29, 0.717) is 17.0 Å². The zero-order valence-corrected chi connectivity index (χ0v) is 12.6. The molecule has 2 unspecified atom stereocenters. The van der Waals surface area contributed by atoms with Crippen LogP contribution < -0.4 is 15.8 Å². The Morgan fingerprint density at radius 2 is 2.14 bits per heavy atom. The molecule has 2 atom stereocenters. The van der Waals surface area contributed by atoms with Gasteiger partial charge in [-0.3, -0.25) is 9.78 Å². The van der Waals surface area contributed by atoms with Crippen molar-refractivity contribution in [3.05, 3.63) is 30.5 Å². The predicted octanol–water partition coefficient (Wildman–Crippen LogP) is 2.50. The number of rotatable bonds is 5. The van der Waals surface area contributed by atoms with E-state index < -0.39 is 6.10 Å². The largest absolute Gasteiger partial charge is 0.480 e. The number of aromatic nitrogens is 1. The number of amides is 1. The van der Waals surface area contributed by atoms with Gasteiger partial charge in [0.2, 0.25) is 0 Å². The van der Waals surface area contributed by atoms with Crippen molar-refractivity contribution in [3.63, 3.8) is 0 Å². The van der Waals surface area contributed by atoms with Crippen molar-refractivity contribution < 1.29 is 9.53 Å². The topological polar surface area (TPSA) is 77.2 Å². The third kappa shape index (κ3) is 3.42. The first-order valence-corrected chi connectivity index (χ1v) is 7.13.